The molecule has 1 aromatic carbocycles. The lowest BCUT2D eigenvalue weighted by molar-refractivity contribution is -0.156. The van der Waals surface area contributed by atoms with Crippen molar-refractivity contribution in [2.75, 3.05) is 5.73 Å². The lowest BCUT2D eigenvalue weighted by Crippen LogP contribution is -2.28. The van der Waals surface area contributed by atoms with E-state index in [2.05, 4.69) is 0 Å². The second-order valence-corrected chi connectivity index (χ2v) is 6.11. The number of carbonyl (C=O) groups excluding carboxylic acids is 1. The highest BCUT2D eigenvalue weighted by atomic mass is 19.1. The molecule has 0 aromatic heterocycles. The number of rotatable bonds is 3. The normalized spacial score (nSPS) is 13.2. The van der Waals surface area contributed by atoms with E-state index in [1.54, 1.807) is 27.7 Å². The second kappa shape index (κ2) is 5.81. The van der Waals surface area contributed by atoms with E-state index in [1.165, 1.54) is 6.07 Å². The number of anilines is 1. The summed E-state index contributed by atoms with van der Waals surface area (Å²) in [4.78, 5) is 12.3. The van der Waals surface area contributed by atoms with Crippen molar-refractivity contribution in [3.63, 3.8) is 0 Å². The molecule has 0 saturated heterocycles. The van der Waals surface area contributed by atoms with Crippen molar-refractivity contribution in [3.8, 4) is 0 Å². The molecule has 0 aliphatic carbocycles. The van der Waals surface area contributed by atoms with Crippen LogP contribution in [0.1, 0.15) is 56.7 Å². The van der Waals surface area contributed by atoms with E-state index in [0.29, 0.717) is 17.7 Å². The summed E-state index contributed by atoms with van der Waals surface area (Å²) in [5, 5.41) is 0. The van der Waals surface area contributed by atoms with Crippen molar-refractivity contribution in [1.29, 1.82) is 0 Å². The number of carbonyl (C=O) groups is 1. The third kappa shape index (κ3) is 3.50. The zero-order valence-electron chi connectivity index (χ0n) is 13.1. The molecule has 112 valence electrons. The zero-order valence-corrected chi connectivity index (χ0v) is 13.1. The van der Waals surface area contributed by atoms with E-state index in [-0.39, 0.29) is 0 Å². The molecule has 20 heavy (non-hydrogen) atoms. The Hall–Kier alpha value is -1.58. The van der Waals surface area contributed by atoms with Gasteiger partial charge in [0.05, 0.1) is 5.92 Å². The van der Waals surface area contributed by atoms with Gasteiger partial charge in [-0.3, -0.25) is 4.79 Å². The van der Waals surface area contributed by atoms with Crippen molar-refractivity contribution in [1.82, 2.24) is 0 Å². The van der Waals surface area contributed by atoms with Gasteiger partial charge in [-0.2, -0.15) is 0 Å². The van der Waals surface area contributed by atoms with Crippen molar-refractivity contribution >= 4 is 11.7 Å². The van der Waals surface area contributed by atoms with Crippen LogP contribution >= 0.6 is 0 Å². The highest BCUT2D eigenvalue weighted by Crippen LogP contribution is 2.32. The molecule has 0 unspecified atom stereocenters. The summed E-state index contributed by atoms with van der Waals surface area (Å²) in [6.45, 7) is 10.9. The Bertz CT molecular complexity index is 518. The Kier molecular flexibility index (Phi) is 4.79. The van der Waals surface area contributed by atoms with E-state index >= 15 is 0 Å². The highest BCUT2D eigenvalue weighted by Gasteiger charge is 2.29. The summed E-state index contributed by atoms with van der Waals surface area (Å²) in [6.07, 6.45) is 0.482. The van der Waals surface area contributed by atoms with E-state index in [0.717, 1.165) is 11.1 Å². The number of nitrogens with two attached hydrogens (primary N) is 1. The first kappa shape index (κ1) is 16.5. The van der Waals surface area contributed by atoms with Crippen LogP contribution in [0.4, 0.5) is 10.1 Å². The van der Waals surface area contributed by atoms with Crippen LogP contribution in [-0.4, -0.2) is 11.6 Å². The van der Waals surface area contributed by atoms with Crippen LogP contribution < -0.4 is 5.73 Å². The topological polar surface area (TPSA) is 52.3 Å². The summed E-state index contributed by atoms with van der Waals surface area (Å²) in [6, 6.07) is 1.28. The molecule has 0 bridgehead atoms. The number of nitrogen functional groups attached to an aromatic ring is 1. The summed E-state index contributed by atoms with van der Waals surface area (Å²) < 4.78 is 19.6. The average molecular weight is 281 g/mol. The summed E-state index contributed by atoms with van der Waals surface area (Å²) in [7, 11) is 0. The van der Waals surface area contributed by atoms with Gasteiger partial charge < -0.3 is 10.5 Å². The maximum atomic E-state index is 14.2. The molecular formula is C16H24FNO2. The Labute approximate surface area is 120 Å². The molecule has 1 atom stereocenters. The highest BCUT2D eigenvalue weighted by molar-refractivity contribution is 5.79. The number of halogens is 1. The van der Waals surface area contributed by atoms with Gasteiger partial charge in [0.2, 0.25) is 0 Å². The quantitative estimate of drug-likeness (QED) is 0.676. The minimum atomic E-state index is -0.603. The molecule has 0 amide bonds. The fourth-order valence-electron chi connectivity index (χ4n) is 2.21. The number of hydrogen-bond acceptors (Lipinski definition) is 3. The van der Waals surface area contributed by atoms with Gasteiger partial charge in [-0.25, -0.2) is 4.39 Å². The SMILES string of the molecule is CC[C@@H](C(=O)OC(C)(C)C)c1c(F)cc(N)c(C)c1C. The first-order chi connectivity index (χ1) is 9.08. The lowest BCUT2D eigenvalue weighted by Gasteiger charge is -2.25. The second-order valence-electron chi connectivity index (χ2n) is 6.11. The van der Waals surface area contributed by atoms with Gasteiger partial charge >= 0.3 is 5.97 Å². The minimum Gasteiger partial charge on any atom is -0.459 e. The maximum absolute atomic E-state index is 14.2. The average Bonchev–Trinajstić information content (AvgIpc) is 2.29. The Morgan fingerprint density at radius 2 is 1.90 bits per heavy atom. The molecule has 2 N–H and O–H groups in total. The summed E-state index contributed by atoms with van der Waals surface area (Å²) in [5.41, 5.74) is 7.50. The monoisotopic (exact) mass is 281 g/mol. The molecule has 0 heterocycles. The Morgan fingerprint density at radius 1 is 1.35 bits per heavy atom. The van der Waals surface area contributed by atoms with Crippen LogP contribution in [0.25, 0.3) is 0 Å². The Morgan fingerprint density at radius 3 is 2.35 bits per heavy atom. The molecule has 0 aliphatic heterocycles. The third-order valence-electron chi connectivity index (χ3n) is 3.39. The molecule has 1 rings (SSSR count). The molecule has 0 fully saturated rings. The number of esters is 1. The van der Waals surface area contributed by atoms with Crippen molar-refractivity contribution in [2.24, 2.45) is 0 Å². The fourth-order valence-corrected chi connectivity index (χ4v) is 2.21. The molecule has 0 aliphatic rings. The first-order valence-corrected chi connectivity index (χ1v) is 6.86. The molecule has 0 spiro atoms. The van der Waals surface area contributed by atoms with Crippen molar-refractivity contribution in [2.45, 2.75) is 59.5 Å². The van der Waals surface area contributed by atoms with E-state index in [9.17, 15) is 9.18 Å². The summed E-state index contributed by atoms with van der Waals surface area (Å²) >= 11 is 0. The number of ether oxygens (including phenoxy) is 1. The van der Waals surface area contributed by atoms with E-state index in [1.807, 2.05) is 13.8 Å². The fraction of sp³-hybridized carbons (Fsp3) is 0.562. The lowest BCUT2D eigenvalue weighted by atomic mass is 9.89. The van der Waals surface area contributed by atoms with Gasteiger partial charge in [-0.05, 0) is 58.2 Å². The Balaban J connectivity index is 3.27. The molecule has 0 saturated carbocycles. The third-order valence-corrected chi connectivity index (χ3v) is 3.39. The zero-order chi connectivity index (χ0) is 15.7. The van der Waals surface area contributed by atoms with Crippen molar-refractivity contribution in [3.05, 3.63) is 28.6 Å². The van der Waals surface area contributed by atoms with E-state index < -0.39 is 23.3 Å². The minimum absolute atomic E-state index is 0.397. The first-order valence-electron chi connectivity index (χ1n) is 6.86. The standard InChI is InChI=1S/C16H24FNO2/c1-7-11(15(19)20-16(4,5)6)14-10(3)9(2)13(18)8-12(14)17/h8,11H,7,18H2,1-6H3/t11-/m1/s1. The van der Waals surface area contributed by atoms with Gasteiger partial charge in [0.15, 0.2) is 0 Å². The molecule has 1 aromatic rings. The van der Waals surface area contributed by atoms with Crippen molar-refractivity contribution < 1.29 is 13.9 Å². The van der Waals surface area contributed by atoms with Gasteiger partial charge in [0.1, 0.15) is 11.4 Å². The predicted octanol–water partition coefficient (Wildman–Crippen LogP) is 3.86. The molecular weight excluding hydrogens is 257 g/mol. The van der Waals surface area contributed by atoms with Gasteiger partial charge in [0, 0.05) is 11.3 Å². The van der Waals surface area contributed by atoms with E-state index in [4.69, 9.17) is 10.5 Å². The smallest absolute Gasteiger partial charge is 0.314 e. The van der Waals surface area contributed by atoms with Crippen LogP contribution in [-0.2, 0) is 9.53 Å². The summed E-state index contributed by atoms with van der Waals surface area (Å²) in [5.74, 6) is -1.44. The van der Waals surface area contributed by atoms with Crippen LogP contribution in [0.2, 0.25) is 0 Å². The predicted molar refractivity (Wildman–Crippen MR) is 79.2 cm³/mol. The number of hydrogen-bond donors (Lipinski definition) is 1. The van der Waals surface area contributed by atoms with Gasteiger partial charge in [0.25, 0.3) is 0 Å². The molecule has 3 nitrogen and oxygen atoms in total. The number of benzene rings is 1. The van der Waals surface area contributed by atoms with Crippen LogP contribution in [0.3, 0.4) is 0 Å². The van der Waals surface area contributed by atoms with Crippen LogP contribution in [0.5, 0.6) is 0 Å². The molecule has 0 radical (unpaired) electrons. The van der Waals surface area contributed by atoms with Crippen LogP contribution in [0.15, 0.2) is 6.07 Å². The van der Waals surface area contributed by atoms with Gasteiger partial charge in [-0.15, -0.1) is 0 Å². The maximum Gasteiger partial charge on any atom is 0.314 e. The van der Waals surface area contributed by atoms with Gasteiger partial charge in [-0.1, -0.05) is 6.92 Å². The van der Waals surface area contributed by atoms with Crippen LogP contribution in [0, 0.1) is 19.7 Å². The largest absolute Gasteiger partial charge is 0.459 e. The molecule has 4 heteroatoms.